The molecule has 0 aromatic carbocycles. The molecule has 0 unspecified atom stereocenters. The van der Waals surface area contributed by atoms with Crippen LogP contribution in [-0.4, -0.2) is 24.2 Å². The molecule has 2 rings (SSSR count). The van der Waals surface area contributed by atoms with Crippen molar-refractivity contribution in [2.75, 3.05) is 13.2 Å². The molecule has 0 radical (unpaired) electrons. The third-order valence-corrected chi connectivity index (χ3v) is 3.14. The zero-order chi connectivity index (χ0) is 10.9. The summed E-state index contributed by atoms with van der Waals surface area (Å²) in [5.74, 6) is 0.0519. The second kappa shape index (κ2) is 3.98. The van der Waals surface area contributed by atoms with Gasteiger partial charge in [0.1, 0.15) is 0 Å². The quantitative estimate of drug-likeness (QED) is 0.875. The number of aliphatic hydroxyl groups is 1. The minimum absolute atomic E-state index is 0.0700. The standard InChI is InChI=1S/C10H12BrNO3/c11-8-2-1-7(15-8)9(14)12-5-10(6-13)3-4-10/h1-2,13H,3-6H2,(H,12,14). The van der Waals surface area contributed by atoms with Gasteiger partial charge in [0.05, 0.1) is 6.61 Å². The molecule has 1 saturated carbocycles. The maximum Gasteiger partial charge on any atom is 0.287 e. The summed E-state index contributed by atoms with van der Waals surface area (Å²) in [6.45, 7) is 0.649. The summed E-state index contributed by atoms with van der Waals surface area (Å²) in [5, 5.41) is 11.8. The first kappa shape index (κ1) is 10.7. The molecule has 0 bridgehead atoms. The Bertz CT molecular complexity index is 370. The number of rotatable bonds is 4. The molecule has 1 aromatic heterocycles. The highest BCUT2D eigenvalue weighted by Gasteiger charge is 2.42. The van der Waals surface area contributed by atoms with E-state index in [1.807, 2.05) is 0 Å². The number of furan rings is 1. The number of carbonyl (C=O) groups excluding carboxylic acids is 1. The molecule has 1 aromatic rings. The maximum atomic E-state index is 11.5. The van der Waals surface area contributed by atoms with Gasteiger partial charge in [0.2, 0.25) is 0 Å². The van der Waals surface area contributed by atoms with Crippen LogP contribution in [0.15, 0.2) is 21.2 Å². The highest BCUT2D eigenvalue weighted by Crippen LogP contribution is 2.44. The fourth-order valence-electron chi connectivity index (χ4n) is 1.36. The van der Waals surface area contributed by atoms with Crippen molar-refractivity contribution in [1.29, 1.82) is 0 Å². The molecule has 4 nitrogen and oxygen atoms in total. The van der Waals surface area contributed by atoms with Gasteiger partial charge in [-0.1, -0.05) is 0 Å². The first-order chi connectivity index (χ1) is 7.15. The minimum atomic E-state index is -0.236. The number of aliphatic hydroxyl groups excluding tert-OH is 1. The van der Waals surface area contributed by atoms with Crippen molar-refractivity contribution in [3.05, 3.63) is 22.6 Å². The van der Waals surface area contributed by atoms with E-state index in [-0.39, 0.29) is 23.7 Å². The lowest BCUT2D eigenvalue weighted by molar-refractivity contribution is 0.0906. The van der Waals surface area contributed by atoms with Crippen LogP contribution in [0, 0.1) is 5.41 Å². The van der Waals surface area contributed by atoms with Gasteiger partial charge in [-0.05, 0) is 40.9 Å². The van der Waals surface area contributed by atoms with Gasteiger partial charge in [-0.3, -0.25) is 4.79 Å². The highest BCUT2D eigenvalue weighted by molar-refractivity contribution is 9.10. The summed E-state index contributed by atoms with van der Waals surface area (Å²) in [6, 6.07) is 3.28. The molecule has 0 aliphatic heterocycles. The van der Waals surface area contributed by atoms with Gasteiger partial charge >= 0.3 is 0 Å². The normalized spacial score (nSPS) is 17.5. The average molecular weight is 274 g/mol. The summed E-state index contributed by atoms with van der Waals surface area (Å²) in [5.41, 5.74) is -0.0700. The van der Waals surface area contributed by atoms with E-state index < -0.39 is 0 Å². The van der Waals surface area contributed by atoms with Crippen LogP contribution in [0.3, 0.4) is 0 Å². The van der Waals surface area contributed by atoms with Gasteiger partial charge in [0.15, 0.2) is 10.4 Å². The molecule has 0 spiro atoms. The van der Waals surface area contributed by atoms with Gasteiger partial charge in [0, 0.05) is 12.0 Å². The first-order valence-corrected chi connectivity index (χ1v) is 5.59. The molecule has 1 aliphatic carbocycles. The average Bonchev–Trinajstić information content (AvgIpc) is 2.90. The van der Waals surface area contributed by atoms with E-state index >= 15 is 0 Å². The lowest BCUT2D eigenvalue weighted by atomic mass is 10.1. The summed E-state index contributed by atoms with van der Waals surface area (Å²) in [4.78, 5) is 11.5. The summed E-state index contributed by atoms with van der Waals surface area (Å²) in [7, 11) is 0. The fraction of sp³-hybridized carbons (Fsp3) is 0.500. The number of amides is 1. The van der Waals surface area contributed by atoms with E-state index in [9.17, 15) is 4.79 Å². The Morgan fingerprint density at radius 1 is 1.60 bits per heavy atom. The molecule has 1 fully saturated rings. The van der Waals surface area contributed by atoms with Crippen LogP contribution in [0.1, 0.15) is 23.4 Å². The lowest BCUT2D eigenvalue weighted by Gasteiger charge is -2.11. The van der Waals surface area contributed by atoms with E-state index in [2.05, 4.69) is 21.2 Å². The zero-order valence-corrected chi connectivity index (χ0v) is 9.71. The van der Waals surface area contributed by atoms with Crippen LogP contribution in [0.2, 0.25) is 0 Å². The minimum Gasteiger partial charge on any atom is -0.444 e. The molecule has 15 heavy (non-hydrogen) atoms. The van der Waals surface area contributed by atoms with Crippen LogP contribution in [0.5, 0.6) is 0 Å². The van der Waals surface area contributed by atoms with Crippen molar-refractivity contribution in [2.24, 2.45) is 5.41 Å². The van der Waals surface area contributed by atoms with Gasteiger partial charge in [-0.25, -0.2) is 0 Å². The van der Waals surface area contributed by atoms with Crippen molar-refractivity contribution in [2.45, 2.75) is 12.8 Å². The number of halogens is 1. The van der Waals surface area contributed by atoms with E-state index in [4.69, 9.17) is 9.52 Å². The number of nitrogens with one attached hydrogen (secondary N) is 1. The Labute approximate surface area is 95.8 Å². The zero-order valence-electron chi connectivity index (χ0n) is 8.12. The molecule has 1 amide bonds. The second-order valence-corrected chi connectivity index (χ2v) is 4.73. The van der Waals surface area contributed by atoms with Gasteiger partial charge in [-0.2, -0.15) is 0 Å². The predicted molar refractivity (Wildman–Crippen MR) is 57.5 cm³/mol. The molecule has 1 heterocycles. The molecule has 0 atom stereocenters. The van der Waals surface area contributed by atoms with Crippen LogP contribution in [0.25, 0.3) is 0 Å². The SMILES string of the molecule is O=C(NCC1(CO)CC1)c1ccc(Br)o1. The van der Waals surface area contributed by atoms with Crippen molar-refractivity contribution in [3.63, 3.8) is 0 Å². The van der Waals surface area contributed by atoms with E-state index in [1.165, 1.54) is 0 Å². The Balaban J connectivity index is 1.88. The Morgan fingerprint density at radius 3 is 2.80 bits per heavy atom. The highest BCUT2D eigenvalue weighted by atomic mass is 79.9. The Morgan fingerprint density at radius 2 is 2.33 bits per heavy atom. The second-order valence-electron chi connectivity index (χ2n) is 3.94. The number of carbonyl (C=O) groups is 1. The van der Waals surface area contributed by atoms with Crippen molar-refractivity contribution in [1.82, 2.24) is 5.32 Å². The van der Waals surface area contributed by atoms with Crippen LogP contribution < -0.4 is 5.32 Å². The van der Waals surface area contributed by atoms with Gasteiger partial charge < -0.3 is 14.8 Å². The lowest BCUT2D eigenvalue weighted by Crippen LogP contribution is -2.31. The molecule has 5 heteroatoms. The van der Waals surface area contributed by atoms with Crippen molar-refractivity contribution in [3.8, 4) is 0 Å². The molecule has 82 valence electrons. The molecule has 1 aliphatic rings. The van der Waals surface area contributed by atoms with Crippen molar-refractivity contribution >= 4 is 21.8 Å². The number of hydrogen-bond donors (Lipinski definition) is 2. The fourth-order valence-corrected chi connectivity index (χ4v) is 1.67. The Hall–Kier alpha value is -0.810. The van der Waals surface area contributed by atoms with E-state index in [1.54, 1.807) is 12.1 Å². The van der Waals surface area contributed by atoms with Gasteiger partial charge in [0.25, 0.3) is 5.91 Å². The van der Waals surface area contributed by atoms with Crippen LogP contribution in [0.4, 0.5) is 0 Å². The molecular formula is C10H12BrNO3. The van der Waals surface area contributed by atoms with E-state index in [0.29, 0.717) is 11.2 Å². The largest absolute Gasteiger partial charge is 0.444 e. The summed E-state index contributed by atoms with van der Waals surface area (Å²) in [6.07, 6.45) is 1.96. The van der Waals surface area contributed by atoms with Crippen LogP contribution >= 0.6 is 15.9 Å². The Kier molecular flexibility index (Phi) is 2.84. The monoisotopic (exact) mass is 273 g/mol. The van der Waals surface area contributed by atoms with Crippen LogP contribution in [-0.2, 0) is 0 Å². The summed E-state index contributed by atoms with van der Waals surface area (Å²) < 4.78 is 5.64. The summed E-state index contributed by atoms with van der Waals surface area (Å²) >= 11 is 3.13. The van der Waals surface area contributed by atoms with Gasteiger partial charge in [-0.15, -0.1) is 0 Å². The smallest absolute Gasteiger partial charge is 0.287 e. The molecule has 2 N–H and O–H groups in total. The maximum absolute atomic E-state index is 11.5. The molecule has 0 saturated heterocycles. The molecular weight excluding hydrogens is 262 g/mol. The number of hydrogen-bond acceptors (Lipinski definition) is 3. The topological polar surface area (TPSA) is 62.5 Å². The first-order valence-electron chi connectivity index (χ1n) is 4.80. The van der Waals surface area contributed by atoms with Crippen molar-refractivity contribution < 1.29 is 14.3 Å². The van der Waals surface area contributed by atoms with E-state index in [0.717, 1.165) is 12.8 Å². The third kappa shape index (κ3) is 2.41. The third-order valence-electron chi connectivity index (χ3n) is 2.71. The predicted octanol–water partition coefficient (Wildman–Crippen LogP) is 1.54.